The average molecular weight is 835 g/mol. The molecule has 3 aromatic carbocycles. The molecule has 5 heterocycles. The average Bonchev–Trinajstić information content (AvgIpc) is 4.09. The Kier molecular flexibility index (Phi) is 11.6. The molecule has 6 unspecified atom stereocenters. The van der Waals surface area contributed by atoms with E-state index in [1.54, 1.807) is 18.2 Å². The van der Waals surface area contributed by atoms with Gasteiger partial charge >= 0.3 is 12.2 Å². The van der Waals surface area contributed by atoms with E-state index in [9.17, 15) is 19.2 Å². The molecule has 8 rings (SSSR count). The molecule has 3 aliphatic heterocycles. The van der Waals surface area contributed by atoms with Crippen LogP contribution in [0.1, 0.15) is 89.1 Å². The number of fused-ring (bicyclic) bond motifs is 6. The predicted molar refractivity (Wildman–Crippen MR) is 228 cm³/mol. The summed E-state index contributed by atoms with van der Waals surface area (Å²) in [7, 11) is 4.19. The van der Waals surface area contributed by atoms with Crippen LogP contribution in [0.5, 0.6) is 5.75 Å². The molecule has 3 aliphatic rings. The lowest BCUT2D eigenvalue weighted by molar-refractivity contribution is -0.138. The van der Waals surface area contributed by atoms with Gasteiger partial charge in [-0.1, -0.05) is 39.0 Å². The summed E-state index contributed by atoms with van der Waals surface area (Å²) >= 11 is 0. The number of aromatic amines is 2. The maximum atomic E-state index is 14.0. The van der Waals surface area contributed by atoms with Crippen molar-refractivity contribution >= 4 is 45.8 Å². The molecule has 5 aromatic rings. The number of likely N-dealkylation sites (tertiary alicyclic amines) is 2. The molecule has 16 heteroatoms. The van der Waals surface area contributed by atoms with Crippen LogP contribution in [0.25, 0.3) is 44.2 Å². The number of methoxy groups -OCH3 is 3. The highest BCUT2D eigenvalue weighted by molar-refractivity contribution is 6.07. The molecule has 2 aromatic heterocycles. The second-order valence-corrected chi connectivity index (χ2v) is 16.6. The Morgan fingerprint density at radius 2 is 1.62 bits per heavy atom. The van der Waals surface area contributed by atoms with Crippen LogP contribution < -0.4 is 15.4 Å². The molecule has 0 radical (unpaired) electrons. The van der Waals surface area contributed by atoms with E-state index in [4.69, 9.17) is 28.9 Å². The van der Waals surface area contributed by atoms with Gasteiger partial charge in [0.1, 0.15) is 36.1 Å². The van der Waals surface area contributed by atoms with Gasteiger partial charge in [0.2, 0.25) is 11.8 Å². The van der Waals surface area contributed by atoms with Gasteiger partial charge in [0, 0.05) is 24.1 Å². The normalized spacial score (nSPS) is 20.6. The maximum Gasteiger partial charge on any atom is 0.407 e. The fraction of sp³-hybridized carbons (Fsp3) is 0.467. The number of carbonyl (C=O) groups is 4. The first kappa shape index (κ1) is 41.6. The minimum absolute atomic E-state index is 0.0292. The third kappa shape index (κ3) is 7.73. The molecule has 2 saturated heterocycles. The van der Waals surface area contributed by atoms with Gasteiger partial charge in [-0.05, 0) is 91.3 Å². The Morgan fingerprint density at radius 3 is 2.36 bits per heavy atom. The van der Waals surface area contributed by atoms with E-state index in [1.807, 2.05) is 38.7 Å². The van der Waals surface area contributed by atoms with E-state index >= 15 is 0 Å². The van der Waals surface area contributed by atoms with Gasteiger partial charge in [0.05, 0.1) is 61.9 Å². The Bertz CT molecular complexity index is 2480. The first-order chi connectivity index (χ1) is 29.4. The molecule has 322 valence electrons. The molecule has 61 heavy (non-hydrogen) atoms. The van der Waals surface area contributed by atoms with Gasteiger partial charge < -0.3 is 49.3 Å². The van der Waals surface area contributed by atoms with Crippen molar-refractivity contribution in [2.75, 3.05) is 27.9 Å². The van der Waals surface area contributed by atoms with E-state index in [0.717, 1.165) is 74.8 Å². The summed E-state index contributed by atoms with van der Waals surface area (Å²) < 4.78 is 21.5. The first-order valence-corrected chi connectivity index (χ1v) is 21.0. The summed E-state index contributed by atoms with van der Waals surface area (Å²) in [6.07, 6.45) is 3.91. The van der Waals surface area contributed by atoms with Gasteiger partial charge in [-0.25, -0.2) is 19.6 Å². The number of H-pyrrole nitrogens is 2. The number of benzene rings is 3. The molecular formula is C45H54N8O8. The van der Waals surface area contributed by atoms with E-state index < -0.39 is 24.3 Å². The second kappa shape index (κ2) is 17.1. The van der Waals surface area contributed by atoms with Crippen LogP contribution in [0.2, 0.25) is 0 Å². The number of hydrogen-bond acceptors (Lipinski definition) is 10. The lowest BCUT2D eigenvalue weighted by Crippen LogP contribution is -2.52. The van der Waals surface area contributed by atoms with Gasteiger partial charge in [-0.3, -0.25) is 9.59 Å². The minimum Gasteiger partial charge on any atom is -0.488 e. The molecule has 4 N–H and O–H groups in total. The van der Waals surface area contributed by atoms with Crippen molar-refractivity contribution in [2.45, 2.75) is 103 Å². The van der Waals surface area contributed by atoms with Crippen LogP contribution >= 0.6 is 0 Å². The lowest BCUT2D eigenvalue weighted by Gasteiger charge is -2.32. The molecule has 0 saturated carbocycles. The van der Waals surface area contributed by atoms with E-state index in [-0.39, 0.29) is 41.9 Å². The predicted octanol–water partition coefficient (Wildman–Crippen LogP) is 6.91. The van der Waals surface area contributed by atoms with Crippen LogP contribution in [-0.4, -0.2) is 106 Å². The topological polar surface area (TPSA) is 193 Å². The summed E-state index contributed by atoms with van der Waals surface area (Å²) in [6, 6.07) is 12.3. The van der Waals surface area contributed by atoms with Crippen molar-refractivity contribution in [2.24, 2.45) is 5.92 Å². The standard InChI is InChI=1S/C45H54N8O8/c1-8-32(49-44(56)59-6)42(54)53-28(22-58-5)12-16-35(53)40-46-20-34(48-40)26-10-13-29-27(17-26)21-61-37-19-30-25(18-31(29)37)11-14-33-39(30)50-41(47-33)36-15-9-24(4)52(36)43(55)38(23(2)3)51-45(57)60-7/h10-11,13-14,17-20,23-24,28,32,35-36,38H,8-9,12,15-16,21-22H2,1-7H3,(H,46,48)(H,47,50)(H,49,56)(H,51,57). The molecule has 4 amide bonds. The number of rotatable bonds is 11. The summed E-state index contributed by atoms with van der Waals surface area (Å²) in [6.45, 7) is 8.44. The zero-order valence-electron chi connectivity index (χ0n) is 35.7. The van der Waals surface area contributed by atoms with Gasteiger partial charge in [-0.15, -0.1) is 0 Å². The number of aromatic nitrogens is 4. The van der Waals surface area contributed by atoms with Crippen molar-refractivity contribution in [3.05, 3.63) is 65.9 Å². The zero-order valence-corrected chi connectivity index (χ0v) is 35.7. The van der Waals surface area contributed by atoms with Gasteiger partial charge in [0.25, 0.3) is 0 Å². The number of carbonyl (C=O) groups excluding carboxylic acids is 4. The largest absolute Gasteiger partial charge is 0.488 e. The fourth-order valence-electron chi connectivity index (χ4n) is 9.33. The van der Waals surface area contributed by atoms with Crippen molar-refractivity contribution in [3.63, 3.8) is 0 Å². The minimum atomic E-state index is -0.740. The van der Waals surface area contributed by atoms with E-state index in [2.05, 4.69) is 57.0 Å². The first-order valence-electron chi connectivity index (χ1n) is 21.0. The van der Waals surface area contributed by atoms with Crippen LogP contribution in [-0.2, 0) is 30.4 Å². The summed E-state index contributed by atoms with van der Waals surface area (Å²) in [5, 5.41) is 7.36. The smallest absolute Gasteiger partial charge is 0.407 e. The number of nitrogens with zero attached hydrogens (tertiary/aromatic N) is 4. The number of amides is 4. The van der Waals surface area contributed by atoms with Crippen molar-refractivity contribution in [3.8, 4) is 28.1 Å². The monoisotopic (exact) mass is 834 g/mol. The van der Waals surface area contributed by atoms with Crippen molar-refractivity contribution in [1.29, 1.82) is 0 Å². The number of nitrogens with one attached hydrogen (secondary N) is 4. The van der Waals surface area contributed by atoms with Crippen molar-refractivity contribution in [1.82, 2.24) is 40.4 Å². The molecule has 2 fully saturated rings. The highest BCUT2D eigenvalue weighted by atomic mass is 16.5. The van der Waals surface area contributed by atoms with E-state index in [0.29, 0.717) is 37.7 Å². The Morgan fingerprint density at radius 1 is 0.869 bits per heavy atom. The molecule has 0 spiro atoms. The SMILES string of the molecule is CCC(NC(=O)OC)C(=O)N1C(COC)CCC1c1ncc(-c2ccc3c(c2)COc2cc4c(ccc5[nH]c(C6CCC(C)N6C(=O)C(NC(=O)OC)C(C)C)nc54)cc2-3)[nH]1. The highest BCUT2D eigenvalue weighted by Crippen LogP contribution is 2.44. The molecule has 0 bridgehead atoms. The van der Waals surface area contributed by atoms with Gasteiger partial charge in [-0.2, -0.15) is 0 Å². The Labute approximate surface area is 354 Å². The van der Waals surface area contributed by atoms with Gasteiger partial charge in [0.15, 0.2) is 0 Å². The second-order valence-electron chi connectivity index (χ2n) is 16.6. The van der Waals surface area contributed by atoms with Crippen LogP contribution in [0, 0.1) is 5.92 Å². The van der Waals surface area contributed by atoms with Crippen LogP contribution in [0.4, 0.5) is 9.59 Å². The summed E-state index contributed by atoms with van der Waals surface area (Å²) in [5.41, 5.74) is 6.51. The Balaban J connectivity index is 1.05. The zero-order chi connectivity index (χ0) is 43.1. The molecular weight excluding hydrogens is 781 g/mol. The summed E-state index contributed by atoms with van der Waals surface area (Å²) in [5.74, 6) is 1.65. The number of imidazole rings is 2. The molecule has 16 nitrogen and oxygen atoms in total. The van der Waals surface area contributed by atoms with Crippen LogP contribution in [0.3, 0.4) is 0 Å². The third-order valence-electron chi connectivity index (χ3n) is 12.5. The van der Waals surface area contributed by atoms with Crippen molar-refractivity contribution < 1.29 is 38.1 Å². The van der Waals surface area contributed by atoms with Crippen LogP contribution in [0.15, 0.2) is 48.7 Å². The maximum absolute atomic E-state index is 14.0. The molecule has 0 aliphatic carbocycles. The molecule has 6 atom stereocenters. The van der Waals surface area contributed by atoms with E-state index in [1.165, 1.54) is 14.2 Å². The fourth-order valence-corrected chi connectivity index (χ4v) is 9.33. The quantitative estimate of drug-likeness (QED) is 0.109. The third-order valence-corrected chi connectivity index (χ3v) is 12.5. The summed E-state index contributed by atoms with van der Waals surface area (Å²) in [4.78, 5) is 72.6. The Hall–Kier alpha value is -6.16. The number of ether oxygens (including phenoxy) is 4. The number of hydrogen-bond donors (Lipinski definition) is 4. The highest BCUT2D eigenvalue weighted by Gasteiger charge is 2.43. The number of alkyl carbamates (subject to hydrolysis) is 2. The lowest BCUT2D eigenvalue weighted by atomic mass is 9.92.